The van der Waals surface area contributed by atoms with E-state index in [0.717, 1.165) is 38.0 Å². The molecule has 0 saturated carbocycles. The first-order valence-corrected chi connectivity index (χ1v) is 9.69. The van der Waals surface area contributed by atoms with Crippen molar-refractivity contribution in [3.05, 3.63) is 35.4 Å². The van der Waals surface area contributed by atoms with Crippen LogP contribution in [0.4, 0.5) is 4.79 Å². The Balaban J connectivity index is 1.67. The number of carbonyl (C=O) groups is 2. The Morgan fingerprint density at radius 2 is 2.08 bits per heavy atom. The van der Waals surface area contributed by atoms with Gasteiger partial charge in [0.05, 0.1) is 0 Å². The van der Waals surface area contributed by atoms with E-state index < -0.39 is 0 Å². The lowest BCUT2D eigenvalue weighted by atomic mass is 10.1. The van der Waals surface area contributed by atoms with Gasteiger partial charge in [0.2, 0.25) is 5.91 Å². The van der Waals surface area contributed by atoms with Crippen LogP contribution in [0.15, 0.2) is 24.3 Å². The van der Waals surface area contributed by atoms with Crippen LogP contribution < -0.4 is 5.32 Å². The van der Waals surface area contributed by atoms with Gasteiger partial charge < -0.3 is 15.1 Å². The predicted octanol–water partition coefficient (Wildman–Crippen LogP) is 1.83. The number of benzene rings is 1. The number of fused-ring (bicyclic) bond motifs is 1. The van der Waals surface area contributed by atoms with Crippen molar-refractivity contribution in [2.24, 2.45) is 0 Å². The predicted molar refractivity (Wildman–Crippen MR) is 102 cm³/mol. The van der Waals surface area contributed by atoms with Crippen molar-refractivity contribution in [3.63, 3.8) is 0 Å². The summed E-state index contributed by atoms with van der Waals surface area (Å²) in [5.41, 5.74) is 2.37. The van der Waals surface area contributed by atoms with E-state index in [4.69, 9.17) is 0 Å². The molecule has 1 aromatic carbocycles. The molecule has 1 atom stereocenters. The topological polar surface area (TPSA) is 55.9 Å². The molecule has 3 amide bonds. The summed E-state index contributed by atoms with van der Waals surface area (Å²) in [7, 11) is 0. The fourth-order valence-corrected chi connectivity index (χ4v) is 3.82. The Bertz CT molecular complexity index is 648. The zero-order valence-corrected chi connectivity index (χ0v) is 15.9. The van der Waals surface area contributed by atoms with Gasteiger partial charge in [-0.25, -0.2) is 4.79 Å². The fraction of sp³-hybridized carbons (Fsp3) is 0.600. The second-order valence-electron chi connectivity index (χ2n) is 7.33. The van der Waals surface area contributed by atoms with Crippen molar-refractivity contribution in [1.82, 2.24) is 20.0 Å². The van der Waals surface area contributed by atoms with Crippen LogP contribution in [0.2, 0.25) is 0 Å². The number of rotatable bonds is 4. The number of carbonyl (C=O) groups excluding carboxylic acids is 2. The SMILES string of the molecule is CCCNC(=O)N1CCCN2CCN(Cc3cccc(C)c3)C(=O)C2C1. The second kappa shape index (κ2) is 8.54. The molecular formula is C20H30N4O2. The first kappa shape index (κ1) is 18.7. The number of nitrogens with zero attached hydrogens (tertiary/aromatic N) is 3. The molecule has 3 rings (SSSR count). The monoisotopic (exact) mass is 358 g/mol. The van der Waals surface area contributed by atoms with E-state index in [1.807, 2.05) is 22.8 Å². The minimum absolute atomic E-state index is 0.0442. The third-order valence-electron chi connectivity index (χ3n) is 5.23. The van der Waals surface area contributed by atoms with E-state index in [9.17, 15) is 9.59 Å². The van der Waals surface area contributed by atoms with Gasteiger partial charge in [-0.1, -0.05) is 36.8 Å². The first-order valence-electron chi connectivity index (χ1n) is 9.69. The maximum absolute atomic E-state index is 13.1. The summed E-state index contributed by atoms with van der Waals surface area (Å²) in [5.74, 6) is 0.146. The molecule has 0 aliphatic carbocycles. The van der Waals surface area contributed by atoms with Crippen LogP contribution in [-0.2, 0) is 11.3 Å². The maximum atomic E-state index is 13.1. The van der Waals surface area contributed by atoms with Crippen molar-refractivity contribution in [2.45, 2.75) is 39.3 Å². The second-order valence-corrected chi connectivity index (χ2v) is 7.33. The van der Waals surface area contributed by atoms with Gasteiger partial charge in [0.1, 0.15) is 6.04 Å². The van der Waals surface area contributed by atoms with Gasteiger partial charge in [-0.2, -0.15) is 0 Å². The van der Waals surface area contributed by atoms with Crippen LogP contribution in [0.1, 0.15) is 30.9 Å². The van der Waals surface area contributed by atoms with Crippen molar-refractivity contribution >= 4 is 11.9 Å². The number of aryl methyl sites for hydroxylation is 1. The van der Waals surface area contributed by atoms with Gasteiger partial charge in [0.15, 0.2) is 0 Å². The molecule has 0 spiro atoms. The molecule has 2 aliphatic heterocycles. The number of nitrogens with one attached hydrogen (secondary N) is 1. The number of hydrogen-bond acceptors (Lipinski definition) is 3. The van der Waals surface area contributed by atoms with Gasteiger partial charge >= 0.3 is 6.03 Å². The Morgan fingerprint density at radius 3 is 2.85 bits per heavy atom. The lowest BCUT2D eigenvalue weighted by molar-refractivity contribution is -0.142. The Hall–Kier alpha value is -2.08. The molecule has 2 saturated heterocycles. The summed E-state index contributed by atoms with van der Waals surface area (Å²) in [4.78, 5) is 31.5. The third-order valence-corrected chi connectivity index (χ3v) is 5.23. The van der Waals surface area contributed by atoms with Crippen molar-refractivity contribution < 1.29 is 9.59 Å². The van der Waals surface area contributed by atoms with E-state index in [1.165, 1.54) is 5.56 Å². The van der Waals surface area contributed by atoms with Crippen molar-refractivity contribution in [1.29, 1.82) is 0 Å². The number of piperazine rings is 1. The van der Waals surface area contributed by atoms with E-state index >= 15 is 0 Å². The highest BCUT2D eigenvalue weighted by molar-refractivity contribution is 5.84. The maximum Gasteiger partial charge on any atom is 0.317 e. The van der Waals surface area contributed by atoms with Gasteiger partial charge in [-0.15, -0.1) is 0 Å². The van der Waals surface area contributed by atoms with Crippen LogP contribution >= 0.6 is 0 Å². The van der Waals surface area contributed by atoms with Crippen LogP contribution in [0.25, 0.3) is 0 Å². The molecule has 6 nitrogen and oxygen atoms in total. The minimum Gasteiger partial charge on any atom is -0.338 e. The smallest absolute Gasteiger partial charge is 0.317 e. The minimum atomic E-state index is -0.219. The first-order chi connectivity index (χ1) is 12.6. The van der Waals surface area contributed by atoms with E-state index in [0.29, 0.717) is 26.2 Å². The molecule has 1 aromatic rings. The molecule has 2 heterocycles. The van der Waals surface area contributed by atoms with Crippen molar-refractivity contribution in [3.8, 4) is 0 Å². The highest BCUT2D eigenvalue weighted by Crippen LogP contribution is 2.19. The molecule has 6 heteroatoms. The third kappa shape index (κ3) is 4.36. The van der Waals surface area contributed by atoms with Gasteiger partial charge in [0.25, 0.3) is 0 Å². The van der Waals surface area contributed by atoms with Crippen LogP contribution in [0.5, 0.6) is 0 Å². The van der Waals surface area contributed by atoms with Crippen molar-refractivity contribution in [2.75, 3.05) is 39.3 Å². The van der Waals surface area contributed by atoms with E-state index in [2.05, 4.69) is 35.3 Å². The zero-order valence-electron chi connectivity index (χ0n) is 15.9. The Labute approximate surface area is 156 Å². The zero-order chi connectivity index (χ0) is 18.5. The lowest BCUT2D eigenvalue weighted by Gasteiger charge is -2.40. The van der Waals surface area contributed by atoms with Crippen LogP contribution in [0, 0.1) is 6.92 Å². The number of hydrogen-bond donors (Lipinski definition) is 1. The van der Waals surface area contributed by atoms with Gasteiger partial charge in [-0.05, 0) is 25.3 Å². The quantitative estimate of drug-likeness (QED) is 0.893. The van der Waals surface area contributed by atoms with Crippen LogP contribution in [-0.4, -0.2) is 71.9 Å². The molecular weight excluding hydrogens is 328 g/mol. The van der Waals surface area contributed by atoms with Gasteiger partial charge in [0, 0.05) is 45.8 Å². The number of amides is 3. The highest BCUT2D eigenvalue weighted by Gasteiger charge is 2.38. The van der Waals surface area contributed by atoms with Crippen LogP contribution in [0.3, 0.4) is 0 Å². The fourth-order valence-electron chi connectivity index (χ4n) is 3.82. The van der Waals surface area contributed by atoms with Gasteiger partial charge in [-0.3, -0.25) is 9.69 Å². The summed E-state index contributed by atoms with van der Waals surface area (Å²) in [6.07, 6.45) is 1.83. The summed E-state index contributed by atoms with van der Waals surface area (Å²) < 4.78 is 0. The summed E-state index contributed by atoms with van der Waals surface area (Å²) in [5, 5.41) is 2.94. The lowest BCUT2D eigenvalue weighted by Crippen LogP contribution is -2.59. The normalized spacial score (nSPS) is 21.3. The van der Waals surface area contributed by atoms with E-state index in [1.54, 1.807) is 0 Å². The molecule has 0 radical (unpaired) electrons. The number of urea groups is 1. The molecule has 26 heavy (non-hydrogen) atoms. The summed E-state index contributed by atoms with van der Waals surface area (Å²) in [6.45, 7) is 9.15. The Morgan fingerprint density at radius 1 is 1.23 bits per heavy atom. The summed E-state index contributed by atoms with van der Waals surface area (Å²) >= 11 is 0. The molecule has 0 aromatic heterocycles. The molecule has 1 N–H and O–H groups in total. The standard InChI is InChI=1S/C20H30N4O2/c1-3-8-21-20(26)24-10-5-9-22-11-12-23(19(25)18(22)15-24)14-17-7-4-6-16(2)13-17/h4,6-7,13,18H,3,5,8-12,14-15H2,1-2H3,(H,21,26). The molecule has 0 bridgehead atoms. The Kier molecular flexibility index (Phi) is 6.14. The van der Waals surface area contributed by atoms with E-state index in [-0.39, 0.29) is 18.0 Å². The molecule has 2 fully saturated rings. The summed E-state index contributed by atoms with van der Waals surface area (Å²) in [6, 6.07) is 8.06. The molecule has 142 valence electrons. The average molecular weight is 358 g/mol. The average Bonchev–Trinajstić information content (AvgIpc) is 2.85. The largest absolute Gasteiger partial charge is 0.338 e. The highest BCUT2D eigenvalue weighted by atomic mass is 16.2. The molecule has 1 unspecified atom stereocenters. The molecule has 2 aliphatic rings.